The zero-order valence-electron chi connectivity index (χ0n) is 13.7. The lowest BCUT2D eigenvalue weighted by atomic mass is 10.1. The third kappa shape index (κ3) is 2.99. The van der Waals surface area contributed by atoms with Gasteiger partial charge in [-0.25, -0.2) is 9.50 Å². The Morgan fingerprint density at radius 1 is 1.42 bits per heavy atom. The maximum Gasteiger partial charge on any atom is 0.253 e. The Morgan fingerprint density at radius 2 is 2.25 bits per heavy atom. The predicted molar refractivity (Wildman–Crippen MR) is 95.5 cm³/mol. The van der Waals surface area contributed by atoms with Gasteiger partial charge in [-0.15, -0.1) is 5.10 Å². The summed E-state index contributed by atoms with van der Waals surface area (Å²) in [7, 11) is 3.50. The van der Waals surface area contributed by atoms with Crippen LogP contribution in [0.4, 0.5) is 5.13 Å². The Morgan fingerprint density at radius 3 is 2.96 bits per heavy atom. The zero-order valence-corrected chi connectivity index (χ0v) is 14.5. The van der Waals surface area contributed by atoms with Crippen molar-refractivity contribution in [1.82, 2.24) is 19.5 Å². The summed E-state index contributed by atoms with van der Waals surface area (Å²) in [4.78, 5) is 19.2. The number of nitrogens with one attached hydrogen (secondary N) is 1. The van der Waals surface area contributed by atoms with E-state index in [9.17, 15) is 4.79 Å². The van der Waals surface area contributed by atoms with E-state index in [2.05, 4.69) is 15.4 Å². The van der Waals surface area contributed by atoms with E-state index < -0.39 is 0 Å². The minimum atomic E-state index is -0.0115. The van der Waals surface area contributed by atoms with Crippen LogP contribution in [0.1, 0.15) is 23.2 Å². The van der Waals surface area contributed by atoms with E-state index in [0.717, 1.165) is 33.8 Å². The number of rotatable bonds is 5. The molecular formula is C17H19N5OS. The highest BCUT2D eigenvalue weighted by molar-refractivity contribution is 7.20. The van der Waals surface area contributed by atoms with E-state index in [4.69, 9.17) is 0 Å². The van der Waals surface area contributed by atoms with E-state index in [1.54, 1.807) is 34.8 Å². The third-order valence-electron chi connectivity index (χ3n) is 4.09. The first-order chi connectivity index (χ1) is 11.6. The van der Waals surface area contributed by atoms with Crippen molar-refractivity contribution in [3.8, 4) is 11.3 Å². The summed E-state index contributed by atoms with van der Waals surface area (Å²) in [5.74, 6) is 0.802. The molecule has 0 aliphatic heterocycles. The first-order valence-corrected chi connectivity index (χ1v) is 8.84. The van der Waals surface area contributed by atoms with Gasteiger partial charge in [-0.3, -0.25) is 4.79 Å². The van der Waals surface area contributed by atoms with E-state index >= 15 is 0 Å². The van der Waals surface area contributed by atoms with Crippen LogP contribution in [-0.4, -0.2) is 46.0 Å². The molecule has 24 heavy (non-hydrogen) atoms. The Labute approximate surface area is 144 Å². The van der Waals surface area contributed by atoms with Crippen molar-refractivity contribution in [3.05, 3.63) is 36.0 Å². The third-order valence-corrected chi connectivity index (χ3v) is 4.97. The highest BCUT2D eigenvalue weighted by Gasteiger charge is 2.21. The molecule has 1 fully saturated rings. The van der Waals surface area contributed by atoms with Gasteiger partial charge in [0.1, 0.15) is 0 Å². The minimum Gasteiger partial charge on any atom is -0.360 e. The summed E-state index contributed by atoms with van der Waals surface area (Å²) in [5, 5.41) is 8.81. The van der Waals surface area contributed by atoms with Crippen LogP contribution >= 0.6 is 11.3 Å². The SMILES string of the molecule is CN(C)C(=O)c1cccc(-c2cn3nc(NCC4CC4)sc3n2)c1. The molecule has 0 atom stereocenters. The van der Waals surface area contributed by atoms with Crippen molar-refractivity contribution in [2.24, 2.45) is 5.92 Å². The second-order valence-corrected chi connectivity index (χ2v) is 7.32. The molecular weight excluding hydrogens is 322 g/mol. The van der Waals surface area contributed by atoms with Crippen LogP contribution in [0, 0.1) is 5.92 Å². The van der Waals surface area contributed by atoms with E-state index in [0.29, 0.717) is 5.56 Å². The summed E-state index contributed by atoms with van der Waals surface area (Å²) in [6.45, 7) is 0.998. The quantitative estimate of drug-likeness (QED) is 0.775. The lowest BCUT2D eigenvalue weighted by molar-refractivity contribution is 0.0827. The second-order valence-electron chi connectivity index (χ2n) is 6.37. The van der Waals surface area contributed by atoms with Crippen LogP contribution in [0.2, 0.25) is 0 Å². The normalized spacial score (nSPS) is 14.1. The summed E-state index contributed by atoms with van der Waals surface area (Å²) in [6.07, 6.45) is 4.55. The number of carbonyl (C=O) groups excluding carboxylic acids is 1. The minimum absolute atomic E-state index is 0.0115. The number of fused-ring (bicyclic) bond motifs is 1. The van der Waals surface area contributed by atoms with Crippen LogP contribution in [0.25, 0.3) is 16.2 Å². The molecule has 0 radical (unpaired) electrons. The van der Waals surface area contributed by atoms with Crippen LogP contribution in [-0.2, 0) is 0 Å². The molecule has 2 aromatic heterocycles. The summed E-state index contributed by atoms with van der Waals surface area (Å²) in [6, 6.07) is 7.55. The molecule has 124 valence electrons. The molecule has 2 heterocycles. The lowest BCUT2D eigenvalue weighted by Gasteiger charge is -2.10. The van der Waals surface area contributed by atoms with Gasteiger partial charge in [0.15, 0.2) is 0 Å². The number of nitrogens with zero attached hydrogens (tertiary/aromatic N) is 4. The number of hydrogen-bond acceptors (Lipinski definition) is 5. The van der Waals surface area contributed by atoms with Crippen LogP contribution in [0.15, 0.2) is 30.5 Å². The molecule has 1 saturated carbocycles. The van der Waals surface area contributed by atoms with Crippen molar-refractivity contribution in [2.75, 3.05) is 26.0 Å². The van der Waals surface area contributed by atoms with Gasteiger partial charge in [0, 0.05) is 31.8 Å². The topological polar surface area (TPSA) is 62.5 Å². The molecule has 0 spiro atoms. The average molecular weight is 341 g/mol. The lowest BCUT2D eigenvalue weighted by Crippen LogP contribution is -2.21. The standard InChI is InChI=1S/C17H19N5OS/c1-21(2)15(23)13-5-3-4-12(8-13)14-10-22-17(19-14)24-16(20-22)18-9-11-6-7-11/h3-5,8,10-11H,6-7,9H2,1-2H3,(H,18,20). The molecule has 4 rings (SSSR count). The molecule has 1 aliphatic rings. The van der Waals surface area contributed by atoms with Gasteiger partial charge in [-0.05, 0) is 30.9 Å². The molecule has 6 nitrogen and oxygen atoms in total. The fourth-order valence-corrected chi connectivity index (χ4v) is 3.32. The highest BCUT2D eigenvalue weighted by Crippen LogP contribution is 2.30. The predicted octanol–water partition coefficient (Wildman–Crippen LogP) is 2.98. The van der Waals surface area contributed by atoms with Crippen LogP contribution in [0.3, 0.4) is 0 Å². The molecule has 0 saturated heterocycles. The van der Waals surface area contributed by atoms with E-state index in [1.807, 2.05) is 30.5 Å². The molecule has 1 aliphatic carbocycles. The maximum atomic E-state index is 12.1. The molecule has 7 heteroatoms. The van der Waals surface area contributed by atoms with Crippen molar-refractivity contribution in [1.29, 1.82) is 0 Å². The Kier molecular flexibility index (Phi) is 3.72. The maximum absolute atomic E-state index is 12.1. The molecule has 1 amide bonds. The Bertz CT molecular complexity index is 862. The molecule has 0 bridgehead atoms. The summed E-state index contributed by atoms with van der Waals surface area (Å²) < 4.78 is 1.80. The van der Waals surface area contributed by atoms with Crippen LogP contribution < -0.4 is 5.32 Å². The van der Waals surface area contributed by atoms with Crippen molar-refractivity contribution in [3.63, 3.8) is 0 Å². The fourth-order valence-electron chi connectivity index (χ4n) is 2.53. The number of benzene rings is 1. The van der Waals surface area contributed by atoms with Crippen molar-refractivity contribution >= 4 is 27.3 Å². The van der Waals surface area contributed by atoms with E-state index in [1.165, 1.54) is 12.8 Å². The second kappa shape index (κ2) is 5.90. The van der Waals surface area contributed by atoms with Gasteiger partial charge in [0.25, 0.3) is 5.91 Å². The average Bonchev–Trinajstić information content (AvgIpc) is 3.20. The Balaban J connectivity index is 1.58. The van der Waals surface area contributed by atoms with Crippen molar-refractivity contribution in [2.45, 2.75) is 12.8 Å². The van der Waals surface area contributed by atoms with Gasteiger partial charge in [0.2, 0.25) is 10.1 Å². The first-order valence-electron chi connectivity index (χ1n) is 8.02. The number of aromatic nitrogens is 3. The number of carbonyl (C=O) groups is 1. The van der Waals surface area contributed by atoms with Gasteiger partial charge < -0.3 is 10.2 Å². The number of hydrogen-bond donors (Lipinski definition) is 1. The fraction of sp³-hybridized carbons (Fsp3) is 0.353. The number of imidazole rings is 1. The Hall–Kier alpha value is -2.41. The zero-order chi connectivity index (χ0) is 16.7. The first kappa shape index (κ1) is 15.1. The summed E-state index contributed by atoms with van der Waals surface area (Å²) in [5.41, 5.74) is 2.41. The van der Waals surface area contributed by atoms with E-state index in [-0.39, 0.29) is 5.91 Å². The molecule has 1 aromatic carbocycles. The smallest absolute Gasteiger partial charge is 0.253 e. The van der Waals surface area contributed by atoms with Gasteiger partial charge >= 0.3 is 0 Å². The van der Waals surface area contributed by atoms with Gasteiger partial charge in [-0.2, -0.15) is 0 Å². The van der Waals surface area contributed by atoms with Crippen LogP contribution in [0.5, 0.6) is 0 Å². The highest BCUT2D eigenvalue weighted by atomic mass is 32.1. The van der Waals surface area contributed by atoms with Gasteiger partial charge in [0.05, 0.1) is 11.9 Å². The summed E-state index contributed by atoms with van der Waals surface area (Å²) >= 11 is 1.55. The monoisotopic (exact) mass is 341 g/mol. The molecule has 3 aromatic rings. The van der Waals surface area contributed by atoms with Gasteiger partial charge in [-0.1, -0.05) is 23.5 Å². The molecule has 0 unspecified atom stereocenters. The number of anilines is 1. The largest absolute Gasteiger partial charge is 0.360 e. The molecule has 1 N–H and O–H groups in total. The number of amides is 1. The van der Waals surface area contributed by atoms with Crippen molar-refractivity contribution < 1.29 is 4.79 Å².